The van der Waals surface area contributed by atoms with Crippen molar-refractivity contribution >= 4 is 16.6 Å². The van der Waals surface area contributed by atoms with Crippen LogP contribution in [0.5, 0.6) is 0 Å². The van der Waals surface area contributed by atoms with E-state index in [1.807, 2.05) is 11.8 Å². The second-order valence-electron chi connectivity index (χ2n) is 2.64. The molecular formula is C7H14N2OS. The van der Waals surface area contributed by atoms with E-state index in [2.05, 4.69) is 0 Å². The first-order valence-electron chi connectivity index (χ1n) is 3.91. The first-order valence-corrected chi connectivity index (χ1v) is 5.40. The zero-order valence-electron chi connectivity index (χ0n) is 6.80. The van der Waals surface area contributed by atoms with Crippen molar-refractivity contribution in [2.45, 2.75) is 13.3 Å². The fraction of sp³-hybridized carbons (Fsp3) is 0.857. The van der Waals surface area contributed by atoms with Gasteiger partial charge in [-0.2, -0.15) is 0 Å². The fourth-order valence-corrected chi connectivity index (χ4v) is 2.18. The lowest BCUT2D eigenvalue weighted by Gasteiger charge is -2.27. The summed E-state index contributed by atoms with van der Waals surface area (Å²) in [5.41, 5.74) is 0. The zero-order chi connectivity index (χ0) is 8.27. The Bertz CT molecular complexity index is 171. The molecule has 1 rings (SSSR count). The molecule has 64 valence electrons. The summed E-state index contributed by atoms with van der Waals surface area (Å²) in [4.78, 5) is 2.02. The van der Waals surface area contributed by atoms with Gasteiger partial charge in [-0.15, -0.1) is 0 Å². The third kappa shape index (κ3) is 2.29. The molecule has 0 atom stereocenters. The van der Waals surface area contributed by atoms with Crippen molar-refractivity contribution in [3.63, 3.8) is 0 Å². The normalized spacial score (nSPS) is 20.3. The average Bonchev–Trinajstić information content (AvgIpc) is 2.05. The molecule has 1 aliphatic rings. The number of hydrogen-bond acceptors (Lipinski definition) is 2. The molecule has 0 unspecified atom stereocenters. The fourth-order valence-electron chi connectivity index (χ4n) is 1.13. The van der Waals surface area contributed by atoms with Gasteiger partial charge in [0.15, 0.2) is 0 Å². The van der Waals surface area contributed by atoms with Gasteiger partial charge < -0.3 is 4.90 Å². The van der Waals surface area contributed by atoms with Gasteiger partial charge in [-0.25, -0.2) is 0 Å². The largest absolute Gasteiger partial charge is 0.359 e. The van der Waals surface area contributed by atoms with Crippen molar-refractivity contribution in [1.29, 1.82) is 5.41 Å². The summed E-state index contributed by atoms with van der Waals surface area (Å²) in [5.74, 6) is 2.16. The first-order chi connectivity index (χ1) is 5.24. The number of amidine groups is 1. The molecule has 1 heterocycles. The van der Waals surface area contributed by atoms with Crippen LogP contribution in [-0.4, -0.2) is 39.5 Å². The molecule has 0 aromatic heterocycles. The van der Waals surface area contributed by atoms with E-state index >= 15 is 0 Å². The molecule has 0 radical (unpaired) electrons. The van der Waals surface area contributed by atoms with Gasteiger partial charge in [0.1, 0.15) is 0 Å². The molecule has 0 amide bonds. The summed E-state index contributed by atoms with van der Waals surface area (Å²) in [6, 6.07) is 0. The second-order valence-corrected chi connectivity index (χ2v) is 4.33. The Balaban J connectivity index is 2.39. The molecule has 1 N–H and O–H groups in total. The molecule has 4 heteroatoms. The summed E-state index contributed by atoms with van der Waals surface area (Å²) >= 11 is 0. The van der Waals surface area contributed by atoms with Crippen molar-refractivity contribution in [2.24, 2.45) is 0 Å². The molecule has 0 bridgehead atoms. The lowest BCUT2D eigenvalue weighted by atomic mass is 10.3. The Morgan fingerprint density at radius 3 is 2.55 bits per heavy atom. The quantitative estimate of drug-likeness (QED) is 0.463. The minimum atomic E-state index is -0.618. The maximum Gasteiger partial charge on any atom is 0.0955 e. The van der Waals surface area contributed by atoms with Gasteiger partial charge in [0.05, 0.1) is 5.84 Å². The van der Waals surface area contributed by atoms with Gasteiger partial charge in [-0.1, -0.05) is 6.92 Å². The Hall–Kier alpha value is -0.380. The highest BCUT2D eigenvalue weighted by molar-refractivity contribution is 7.85. The Morgan fingerprint density at radius 2 is 2.09 bits per heavy atom. The third-order valence-corrected chi connectivity index (χ3v) is 3.17. The molecule has 3 nitrogen and oxygen atoms in total. The topological polar surface area (TPSA) is 44.2 Å². The van der Waals surface area contributed by atoms with E-state index in [-0.39, 0.29) is 0 Å². The predicted octanol–water partition coefficient (Wildman–Crippen LogP) is 0.438. The number of rotatable bonds is 1. The van der Waals surface area contributed by atoms with Crippen LogP contribution >= 0.6 is 0 Å². The summed E-state index contributed by atoms with van der Waals surface area (Å²) in [6.07, 6.45) is 0.784. The standard InChI is InChI=1S/C7H14N2OS/c1-2-7(8)9-3-5-11(10)6-4-9/h8H,2-6H2,1H3. The summed E-state index contributed by atoms with van der Waals surface area (Å²) in [5, 5.41) is 7.52. The van der Waals surface area contributed by atoms with Crippen LogP contribution < -0.4 is 0 Å². The first kappa shape index (κ1) is 8.71. The lowest BCUT2D eigenvalue weighted by Crippen LogP contribution is -2.41. The smallest absolute Gasteiger partial charge is 0.0955 e. The van der Waals surface area contributed by atoms with E-state index in [4.69, 9.17) is 5.41 Å². The van der Waals surface area contributed by atoms with Gasteiger partial charge in [0.2, 0.25) is 0 Å². The molecule has 1 fully saturated rings. The van der Waals surface area contributed by atoms with E-state index in [9.17, 15) is 4.21 Å². The van der Waals surface area contributed by atoms with E-state index in [0.717, 1.165) is 31.0 Å². The van der Waals surface area contributed by atoms with Crippen LogP contribution in [0.25, 0.3) is 0 Å². The summed E-state index contributed by atoms with van der Waals surface area (Å²) in [7, 11) is -0.618. The maximum absolute atomic E-state index is 10.9. The Morgan fingerprint density at radius 1 is 1.55 bits per heavy atom. The molecule has 0 aliphatic carbocycles. The van der Waals surface area contributed by atoms with Crippen LogP contribution in [0, 0.1) is 5.41 Å². The van der Waals surface area contributed by atoms with Crippen molar-refractivity contribution in [1.82, 2.24) is 4.90 Å². The maximum atomic E-state index is 10.9. The SMILES string of the molecule is CCC(=N)N1CCS(=O)CC1. The average molecular weight is 174 g/mol. The van der Waals surface area contributed by atoms with Crippen molar-refractivity contribution in [2.75, 3.05) is 24.6 Å². The molecule has 11 heavy (non-hydrogen) atoms. The van der Waals surface area contributed by atoms with Crippen LogP contribution in [-0.2, 0) is 10.8 Å². The monoisotopic (exact) mass is 174 g/mol. The zero-order valence-corrected chi connectivity index (χ0v) is 7.62. The van der Waals surface area contributed by atoms with Gasteiger partial charge in [0, 0.05) is 41.8 Å². The van der Waals surface area contributed by atoms with Crippen LogP contribution in [0.1, 0.15) is 13.3 Å². The summed E-state index contributed by atoms with van der Waals surface area (Å²) < 4.78 is 10.9. The van der Waals surface area contributed by atoms with Crippen molar-refractivity contribution in [3.8, 4) is 0 Å². The van der Waals surface area contributed by atoms with Gasteiger partial charge >= 0.3 is 0 Å². The van der Waals surface area contributed by atoms with Crippen molar-refractivity contribution in [3.05, 3.63) is 0 Å². The highest BCUT2D eigenvalue weighted by Crippen LogP contribution is 2.01. The van der Waals surface area contributed by atoms with Crippen LogP contribution in [0.15, 0.2) is 0 Å². The molecular weight excluding hydrogens is 160 g/mol. The van der Waals surface area contributed by atoms with Crippen LogP contribution in [0.4, 0.5) is 0 Å². The number of hydrogen-bond donors (Lipinski definition) is 1. The minimum absolute atomic E-state index is 0.618. The predicted molar refractivity (Wildman–Crippen MR) is 47.5 cm³/mol. The molecule has 1 saturated heterocycles. The second kappa shape index (κ2) is 3.85. The van der Waals surface area contributed by atoms with E-state index < -0.39 is 10.8 Å². The highest BCUT2D eigenvalue weighted by Gasteiger charge is 2.15. The molecule has 1 aliphatic heterocycles. The lowest BCUT2D eigenvalue weighted by molar-refractivity contribution is 0.444. The highest BCUT2D eigenvalue weighted by atomic mass is 32.2. The third-order valence-electron chi connectivity index (χ3n) is 1.89. The summed E-state index contributed by atoms with van der Waals surface area (Å²) in [6.45, 7) is 3.59. The van der Waals surface area contributed by atoms with E-state index in [1.165, 1.54) is 0 Å². The van der Waals surface area contributed by atoms with Gasteiger partial charge in [-0.05, 0) is 0 Å². The Labute approximate surface area is 69.7 Å². The van der Waals surface area contributed by atoms with Gasteiger partial charge in [-0.3, -0.25) is 9.62 Å². The van der Waals surface area contributed by atoms with Crippen LogP contribution in [0.2, 0.25) is 0 Å². The minimum Gasteiger partial charge on any atom is -0.359 e. The Kier molecular flexibility index (Phi) is 3.05. The van der Waals surface area contributed by atoms with E-state index in [1.54, 1.807) is 0 Å². The van der Waals surface area contributed by atoms with Crippen molar-refractivity contribution < 1.29 is 4.21 Å². The van der Waals surface area contributed by atoms with E-state index in [0.29, 0.717) is 5.84 Å². The van der Waals surface area contributed by atoms with Crippen LogP contribution in [0.3, 0.4) is 0 Å². The molecule has 0 spiro atoms. The number of nitrogens with one attached hydrogen (secondary N) is 1. The molecule has 0 aromatic rings. The number of nitrogens with zero attached hydrogens (tertiary/aromatic N) is 1. The van der Waals surface area contributed by atoms with Gasteiger partial charge in [0.25, 0.3) is 0 Å². The molecule has 0 saturated carbocycles. The molecule has 0 aromatic carbocycles.